The first-order chi connectivity index (χ1) is 9.72. The van der Waals surface area contributed by atoms with E-state index in [2.05, 4.69) is 35.5 Å². The fourth-order valence-corrected chi connectivity index (χ4v) is 2.54. The fourth-order valence-electron chi connectivity index (χ4n) is 2.54. The van der Waals surface area contributed by atoms with Gasteiger partial charge in [0.15, 0.2) is 0 Å². The van der Waals surface area contributed by atoms with Gasteiger partial charge in [0, 0.05) is 18.7 Å². The quantitative estimate of drug-likeness (QED) is 0.928. The van der Waals surface area contributed by atoms with Crippen LogP contribution in [-0.4, -0.2) is 25.1 Å². The number of para-hydroxylation sites is 1. The van der Waals surface area contributed by atoms with Crippen molar-refractivity contribution in [2.75, 3.05) is 25.5 Å². The number of aryl methyl sites for hydroxylation is 1. The van der Waals surface area contributed by atoms with Crippen LogP contribution in [0.4, 0.5) is 5.69 Å². The molecule has 1 aromatic carbocycles. The van der Waals surface area contributed by atoms with Crippen molar-refractivity contribution in [1.82, 2.24) is 4.90 Å². The average Bonchev–Trinajstić information content (AvgIpc) is 2.84. The first-order valence-corrected chi connectivity index (χ1v) is 6.95. The number of furan rings is 1. The molecule has 106 valence electrons. The van der Waals surface area contributed by atoms with Crippen LogP contribution in [0.5, 0.6) is 5.75 Å². The Kier molecular flexibility index (Phi) is 3.65. The van der Waals surface area contributed by atoms with Crippen LogP contribution in [0, 0.1) is 6.92 Å². The predicted octanol–water partition coefficient (Wildman–Crippen LogP) is 3.02. The molecule has 0 atom stereocenters. The Morgan fingerprint density at radius 3 is 2.90 bits per heavy atom. The van der Waals surface area contributed by atoms with E-state index in [0.29, 0.717) is 0 Å². The van der Waals surface area contributed by atoms with Crippen LogP contribution in [0.25, 0.3) is 0 Å². The van der Waals surface area contributed by atoms with Crippen LogP contribution >= 0.6 is 0 Å². The Morgan fingerprint density at radius 1 is 1.20 bits per heavy atom. The number of hydrogen-bond acceptors (Lipinski definition) is 4. The van der Waals surface area contributed by atoms with Gasteiger partial charge in [-0.25, -0.2) is 0 Å². The lowest BCUT2D eigenvalue weighted by Gasteiger charge is -2.24. The molecule has 2 heterocycles. The molecule has 3 rings (SSSR count). The molecular formula is C16H20N2O2. The molecule has 0 saturated heterocycles. The smallest absolute Gasteiger partial charge is 0.146 e. The highest BCUT2D eigenvalue weighted by Gasteiger charge is 2.15. The molecule has 1 aliphatic rings. The highest BCUT2D eigenvalue weighted by molar-refractivity contribution is 5.61. The largest absolute Gasteiger partial charge is 0.489 e. The molecule has 2 aromatic rings. The number of fused-ring (bicyclic) bond motifs is 1. The third kappa shape index (κ3) is 2.80. The molecule has 0 fully saturated rings. The van der Waals surface area contributed by atoms with Gasteiger partial charge in [0.05, 0.1) is 12.2 Å². The topological polar surface area (TPSA) is 37.6 Å². The molecule has 0 amide bonds. The summed E-state index contributed by atoms with van der Waals surface area (Å²) in [4.78, 5) is 2.23. The zero-order valence-corrected chi connectivity index (χ0v) is 12.0. The summed E-state index contributed by atoms with van der Waals surface area (Å²) in [5.74, 6) is 2.94. The standard InChI is InChI=1S/C16H20N2O2/c1-12-6-7-14(20-12)11-18(2)10-13-4-3-5-15-16(13)19-9-8-17-15/h3-7,17H,8-11H2,1-2H3. The van der Waals surface area contributed by atoms with Crippen molar-refractivity contribution in [3.05, 3.63) is 47.4 Å². The van der Waals surface area contributed by atoms with E-state index in [0.717, 1.165) is 49.2 Å². The van der Waals surface area contributed by atoms with Gasteiger partial charge < -0.3 is 14.5 Å². The van der Waals surface area contributed by atoms with Gasteiger partial charge in [-0.05, 0) is 32.2 Å². The van der Waals surface area contributed by atoms with Gasteiger partial charge in [0.2, 0.25) is 0 Å². The lowest BCUT2D eigenvalue weighted by atomic mass is 10.1. The van der Waals surface area contributed by atoms with Gasteiger partial charge in [-0.2, -0.15) is 0 Å². The second-order valence-corrected chi connectivity index (χ2v) is 5.25. The van der Waals surface area contributed by atoms with Crippen molar-refractivity contribution in [3.63, 3.8) is 0 Å². The molecule has 0 unspecified atom stereocenters. The molecule has 1 aliphatic heterocycles. The SMILES string of the molecule is Cc1ccc(CN(C)Cc2cccc3c2OCCN3)o1. The Bertz CT molecular complexity index is 592. The molecule has 0 bridgehead atoms. The lowest BCUT2D eigenvalue weighted by Crippen LogP contribution is -2.22. The third-order valence-electron chi connectivity index (χ3n) is 3.42. The number of rotatable bonds is 4. The molecule has 20 heavy (non-hydrogen) atoms. The Balaban J connectivity index is 1.71. The minimum absolute atomic E-state index is 0.727. The summed E-state index contributed by atoms with van der Waals surface area (Å²) in [6, 6.07) is 10.3. The monoisotopic (exact) mass is 272 g/mol. The van der Waals surface area contributed by atoms with E-state index in [1.165, 1.54) is 5.56 Å². The maximum atomic E-state index is 5.80. The third-order valence-corrected chi connectivity index (χ3v) is 3.42. The molecule has 0 aliphatic carbocycles. The fraction of sp³-hybridized carbons (Fsp3) is 0.375. The summed E-state index contributed by atoms with van der Waals surface area (Å²) in [5, 5.41) is 3.37. The van der Waals surface area contributed by atoms with Gasteiger partial charge in [-0.3, -0.25) is 4.90 Å². The zero-order valence-electron chi connectivity index (χ0n) is 12.0. The molecule has 1 N–H and O–H groups in total. The zero-order chi connectivity index (χ0) is 13.9. The van der Waals surface area contributed by atoms with Crippen LogP contribution in [0.15, 0.2) is 34.7 Å². The van der Waals surface area contributed by atoms with Crippen molar-refractivity contribution in [1.29, 1.82) is 0 Å². The lowest BCUT2D eigenvalue weighted by molar-refractivity contribution is 0.272. The first-order valence-electron chi connectivity index (χ1n) is 6.95. The molecule has 1 aromatic heterocycles. The van der Waals surface area contributed by atoms with E-state index in [1.807, 2.05) is 19.1 Å². The number of benzene rings is 1. The maximum Gasteiger partial charge on any atom is 0.146 e. The second kappa shape index (κ2) is 5.59. The van der Waals surface area contributed by atoms with E-state index in [9.17, 15) is 0 Å². The van der Waals surface area contributed by atoms with E-state index >= 15 is 0 Å². The second-order valence-electron chi connectivity index (χ2n) is 5.25. The van der Waals surface area contributed by atoms with Crippen molar-refractivity contribution in [2.45, 2.75) is 20.0 Å². The van der Waals surface area contributed by atoms with Crippen molar-refractivity contribution >= 4 is 5.69 Å². The predicted molar refractivity (Wildman–Crippen MR) is 79.0 cm³/mol. The Labute approximate surface area is 119 Å². The maximum absolute atomic E-state index is 5.80. The Hall–Kier alpha value is -1.94. The summed E-state index contributed by atoms with van der Waals surface area (Å²) >= 11 is 0. The molecule has 4 heteroatoms. The molecule has 0 spiro atoms. The van der Waals surface area contributed by atoms with E-state index in [4.69, 9.17) is 9.15 Å². The summed E-state index contributed by atoms with van der Waals surface area (Å²) in [6.07, 6.45) is 0. The van der Waals surface area contributed by atoms with Gasteiger partial charge in [-0.15, -0.1) is 0 Å². The van der Waals surface area contributed by atoms with Crippen LogP contribution in [0.2, 0.25) is 0 Å². The van der Waals surface area contributed by atoms with Gasteiger partial charge in [-0.1, -0.05) is 12.1 Å². The van der Waals surface area contributed by atoms with E-state index in [1.54, 1.807) is 0 Å². The van der Waals surface area contributed by atoms with Crippen LogP contribution in [0.1, 0.15) is 17.1 Å². The molecular weight excluding hydrogens is 252 g/mol. The van der Waals surface area contributed by atoms with Crippen molar-refractivity contribution < 1.29 is 9.15 Å². The minimum Gasteiger partial charge on any atom is -0.489 e. The number of nitrogens with zero attached hydrogens (tertiary/aromatic N) is 1. The summed E-state index contributed by atoms with van der Waals surface area (Å²) < 4.78 is 11.4. The molecule has 0 radical (unpaired) electrons. The van der Waals surface area contributed by atoms with Crippen LogP contribution < -0.4 is 10.1 Å². The van der Waals surface area contributed by atoms with Crippen LogP contribution in [0.3, 0.4) is 0 Å². The van der Waals surface area contributed by atoms with Gasteiger partial charge in [0.1, 0.15) is 23.9 Å². The first kappa shape index (κ1) is 13.1. The summed E-state index contributed by atoms with van der Waals surface area (Å²) in [5.41, 5.74) is 2.30. The van der Waals surface area contributed by atoms with Gasteiger partial charge in [0.25, 0.3) is 0 Å². The highest BCUT2D eigenvalue weighted by Crippen LogP contribution is 2.32. The normalized spacial score (nSPS) is 13.8. The van der Waals surface area contributed by atoms with Crippen molar-refractivity contribution in [3.8, 4) is 5.75 Å². The van der Waals surface area contributed by atoms with Crippen LogP contribution in [-0.2, 0) is 13.1 Å². The Morgan fingerprint density at radius 2 is 2.10 bits per heavy atom. The minimum atomic E-state index is 0.727. The molecule has 0 saturated carbocycles. The van der Waals surface area contributed by atoms with E-state index in [-0.39, 0.29) is 0 Å². The van der Waals surface area contributed by atoms with Gasteiger partial charge >= 0.3 is 0 Å². The average molecular weight is 272 g/mol. The molecule has 4 nitrogen and oxygen atoms in total. The number of ether oxygens (including phenoxy) is 1. The summed E-state index contributed by atoms with van der Waals surface area (Å²) in [6.45, 7) is 5.20. The number of anilines is 1. The highest BCUT2D eigenvalue weighted by atomic mass is 16.5. The summed E-state index contributed by atoms with van der Waals surface area (Å²) in [7, 11) is 2.09. The van der Waals surface area contributed by atoms with Crippen molar-refractivity contribution in [2.24, 2.45) is 0 Å². The number of hydrogen-bond donors (Lipinski definition) is 1. The number of nitrogens with one attached hydrogen (secondary N) is 1. The van der Waals surface area contributed by atoms with E-state index < -0.39 is 0 Å².